The number of hydrogen-bond donors (Lipinski definition) is 1. The molecule has 0 unspecified atom stereocenters. The van der Waals surface area contributed by atoms with Crippen LogP contribution < -0.4 is 4.90 Å². The average Bonchev–Trinajstić information content (AvgIpc) is 3.35. The standard InChI is InChI=1S/C24H21N3O3S/c1-2-27(13-14-28)17-9-7-16(8-10-17)25-26-22-12-11-18(31-22)15-21-23(29)19-5-3-4-6-20(19)24(21)30/h3-12,15,28H,2,13-14H2,1H3. The maximum Gasteiger partial charge on any atom is 0.197 e. The number of hydrogen-bond acceptors (Lipinski definition) is 7. The monoisotopic (exact) mass is 431 g/mol. The van der Waals surface area contributed by atoms with Crippen LogP contribution in [0.4, 0.5) is 16.4 Å². The predicted octanol–water partition coefficient (Wildman–Crippen LogP) is 5.44. The van der Waals surface area contributed by atoms with Crippen LogP contribution in [0.25, 0.3) is 6.08 Å². The van der Waals surface area contributed by atoms with Gasteiger partial charge in [-0.1, -0.05) is 24.3 Å². The van der Waals surface area contributed by atoms with E-state index in [1.54, 1.807) is 30.3 Å². The Bertz CT molecular complexity index is 1140. The Morgan fingerprint density at radius 1 is 0.935 bits per heavy atom. The Balaban J connectivity index is 1.48. The molecule has 156 valence electrons. The van der Waals surface area contributed by atoms with E-state index >= 15 is 0 Å². The first kappa shape index (κ1) is 20.8. The maximum absolute atomic E-state index is 12.5. The number of benzene rings is 2. The Labute approximate surface area is 184 Å². The first-order chi connectivity index (χ1) is 15.1. The highest BCUT2D eigenvalue weighted by Crippen LogP contribution is 2.32. The molecule has 0 amide bonds. The van der Waals surface area contributed by atoms with Crippen LogP contribution in [0, 0.1) is 0 Å². The quantitative estimate of drug-likeness (QED) is 0.307. The molecule has 3 aromatic rings. The number of nitrogens with zero attached hydrogens (tertiary/aromatic N) is 3. The number of ketones is 2. The van der Waals surface area contributed by atoms with Crippen LogP contribution in [-0.4, -0.2) is 36.4 Å². The highest BCUT2D eigenvalue weighted by molar-refractivity contribution is 7.16. The van der Waals surface area contributed by atoms with Crippen molar-refractivity contribution in [2.45, 2.75) is 6.92 Å². The van der Waals surface area contributed by atoms with Crippen LogP contribution in [0.2, 0.25) is 0 Å². The lowest BCUT2D eigenvalue weighted by atomic mass is 10.1. The second-order valence-electron chi connectivity index (χ2n) is 6.96. The van der Waals surface area contributed by atoms with Crippen molar-refractivity contribution in [1.82, 2.24) is 0 Å². The number of aliphatic hydroxyl groups is 1. The lowest BCUT2D eigenvalue weighted by Gasteiger charge is -2.21. The fourth-order valence-corrected chi connectivity index (χ4v) is 4.22. The second kappa shape index (κ2) is 9.16. The number of rotatable bonds is 7. The van der Waals surface area contributed by atoms with E-state index in [1.165, 1.54) is 11.3 Å². The molecule has 7 heteroatoms. The highest BCUT2D eigenvalue weighted by Gasteiger charge is 2.32. The molecule has 0 bridgehead atoms. The first-order valence-electron chi connectivity index (χ1n) is 9.98. The number of carbonyl (C=O) groups is 2. The molecule has 0 aliphatic heterocycles. The van der Waals surface area contributed by atoms with Gasteiger partial charge >= 0.3 is 0 Å². The van der Waals surface area contributed by atoms with Gasteiger partial charge in [0.05, 0.1) is 17.9 Å². The van der Waals surface area contributed by atoms with Crippen molar-refractivity contribution in [2.24, 2.45) is 10.2 Å². The van der Waals surface area contributed by atoms with Crippen molar-refractivity contribution in [2.75, 3.05) is 24.6 Å². The summed E-state index contributed by atoms with van der Waals surface area (Å²) in [6, 6.07) is 18.2. The third-order valence-electron chi connectivity index (χ3n) is 5.04. The van der Waals surface area contributed by atoms with E-state index in [-0.39, 0.29) is 23.7 Å². The van der Waals surface area contributed by atoms with Crippen LogP contribution >= 0.6 is 11.3 Å². The molecule has 0 atom stereocenters. The molecule has 0 saturated heterocycles. The Kier molecular flexibility index (Phi) is 6.16. The number of Topliss-reactive ketones (excluding diaryl/α,β-unsaturated/α-hetero) is 2. The summed E-state index contributed by atoms with van der Waals surface area (Å²) < 4.78 is 0. The van der Waals surface area contributed by atoms with Crippen LogP contribution in [-0.2, 0) is 0 Å². The van der Waals surface area contributed by atoms with Gasteiger partial charge in [-0.05, 0) is 49.4 Å². The van der Waals surface area contributed by atoms with Crippen molar-refractivity contribution in [3.8, 4) is 0 Å². The normalized spacial score (nSPS) is 13.2. The van der Waals surface area contributed by atoms with Crippen LogP contribution in [0.1, 0.15) is 32.5 Å². The molecule has 1 aromatic heterocycles. The van der Waals surface area contributed by atoms with Crippen molar-refractivity contribution in [3.05, 3.63) is 82.2 Å². The smallest absolute Gasteiger partial charge is 0.197 e. The molecule has 0 saturated carbocycles. The number of likely N-dealkylation sites (N-methyl/N-ethyl adjacent to an activating group) is 1. The fraction of sp³-hybridized carbons (Fsp3) is 0.167. The Morgan fingerprint density at radius 3 is 2.23 bits per heavy atom. The van der Waals surface area contributed by atoms with Gasteiger partial charge in [0, 0.05) is 34.8 Å². The lowest BCUT2D eigenvalue weighted by molar-refractivity contribution is 0.0990. The number of aliphatic hydroxyl groups excluding tert-OH is 1. The van der Waals surface area contributed by atoms with Crippen LogP contribution in [0.15, 0.2) is 76.5 Å². The van der Waals surface area contributed by atoms with Gasteiger partial charge in [-0.3, -0.25) is 9.59 Å². The Morgan fingerprint density at radius 2 is 1.61 bits per heavy atom. The molecule has 1 aliphatic rings. The van der Waals surface area contributed by atoms with Gasteiger partial charge < -0.3 is 10.0 Å². The summed E-state index contributed by atoms with van der Waals surface area (Å²) in [6.45, 7) is 3.54. The van der Waals surface area contributed by atoms with Gasteiger partial charge in [0.15, 0.2) is 11.6 Å². The van der Waals surface area contributed by atoms with Crippen molar-refractivity contribution in [1.29, 1.82) is 0 Å². The SMILES string of the molecule is CCN(CCO)c1ccc(N=Nc2ccc(C=C3C(=O)c4ccccc4C3=O)s2)cc1. The zero-order valence-corrected chi connectivity index (χ0v) is 17.8. The van der Waals surface area contributed by atoms with Crippen molar-refractivity contribution in [3.63, 3.8) is 0 Å². The topological polar surface area (TPSA) is 82.3 Å². The summed E-state index contributed by atoms with van der Waals surface area (Å²) in [6.07, 6.45) is 1.63. The average molecular weight is 432 g/mol. The summed E-state index contributed by atoms with van der Waals surface area (Å²) in [5.74, 6) is -0.473. The number of thiophene rings is 1. The van der Waals surface area contributed by atoms with E-state index < -0.39 is 0 Å². The van der Waals surface area contributed by atoms with Gasteiger partial charge in [-0.25, -0.2) is 0 Å². The van der Waals surface area contributed by atoms with E-state index in [2.05, 4.69) is 15.1 Å². The maximum atomic E-state index is 12.5. The molecule has 1 heterocycles. The molecule has 0 fully saturated rings. The van der Waals surface area contributed by atoms with Gasteiger partial charge in [0.2, 0.25) is 0 Å². The van der Waals surface area contributed by atoms with E-state index in [0.29, 0.717) is 28.4 Å². The Hall–Kier alpha value is -3.42. The highest BCUT2D eigenvalue weighted by atomic mass is 32.1. The fourth-order valence-electron chi connectivity index (χ4n) is 3.45. The van der Waals surface area contributed by atoms with E-state index in [9.17, 15) is 9.59 Å². The zero-order chi connectivity index (χ0) is 21.8. The van der Waals surface area contributed by atoms with Crippen molar-refractivity contribution >= 4 is 45.4 Å². The lowest BCUT2D eigenvalue weighted by Crippen LogP contribution is -2.25. The number of anilines is 1. The van der Waals surface area contributed by atoms with Gasteiger partial charge in [0.25, 0.3) is 0 Å². The molecule has 1 N–H and O–H groups in total. The number of carbonyl (C=O) groups excluding carboxylic acids is 2. The van der Waals surface area contributed by atoms with Gasteiger partial charge in [0.1, 0.15) is 5.00 Å². The molecule has 2 aromatic carbocycles. The number of allylic oxidation sites excluding steroid dienone is 1. The molecular formula is C24H21N3O3S. The van der Waals surface area contributed by atoms with E-state index in [1.807, 2.05) is 43.3 Å². The minimum atomic E-state index is -0.236. The summed E-state index contributed by atoms with van der Waals surface area (Å²) in [5.41, 5.74) is 2.84. The molecule has 1 aliphatic carbocycles. The second-order valence-corrected chi connectivity index (χ2v) is 8.05. The minimum absolute atomic E-state index is 0.107. The molecule has 4 rings (SSSR count). The third kappa shape index (κ3) is 4.38. The summed E-state index contributed by atoms with van der Waals surface area (Å²) >= 11 is 1.36. The van der Waals surface area contributed by atoms with Crippen LogP contribution in [0.3, 0.4) is 0 Å². The number of azo groups is 1. The van der Waals surface area contributed by atoms with Crippen LogP contribution in [0.5, 0.6) is 0 Å². The molecular weight excluding hydrogens is 410 g/mol. The van der Waals surface area contributed by atoms with Gasteiger partial charge in [-0.15, -0.1) is 21.6 Å². The predicted molar refractivity (Wildman–Crippen MR) is 123 cm³/mol. The molecule has 31 heavy (non-hydrogen) atoms. The zero-order valence-electron chi connectivity index (χ0n) is 17.0. The summed E-state index contributed by atoms with van der Waals surface area (Å²) in [4.78, 5) is 27.9. The van der Waals surface area contributed by atoms with E-state index in [0.717, 1.165) is 17.1 Å². The summed E-state index contributed by atoms with van der Waals surface area (Å²) in [7, 11) is 0. The first-order valence-corrected chi connectivity index (χ1v) is 10.8. The van der Waals surface area contributed by atoms with Gasteiger partial charge in [-0.2, -0.15) is 0 Å². The van der Waals surface area contributed by atoms with E-state index in [4.69, 9.17) is 5.11 Å². The largest absolute Gasteiger partial charge is 0.395 e. The molecule has 0 radical (unpaired) electrons. The summed E-state index contributed by atoms with van der Waals surface area (Å²) in [5, 5.41) is 18.4. The third-order valence-corrected chi connectivity index (χ3v) is 5.95. The molecule has 0 spiro atoms. The number of fused-ring (bicyclic) bond motifs is 1. The van der Waals surface area contributed by atoms with Crippen molar-refractivity contribution < 1.29 is 14.7 Å². The minimum Gasteiger partial charge on any atom is -0.395 e. The molecule has 6 nitrogen and oxygen atoms in total.